The topological polar surface area (TPSA) is 39.4 Å². The van der Waals surface area contributed by atoms with Gasteiger partial charge in [0.2, 0.25) is 5.78 Å². The SMILES string of the molecule is CCCCCCC(=[N])C(=O)c1cccc(Sc2ccccc2)c1. The zero-order chi connectivity index (χ0) is 16.5. The summed E-state index contributed by atoms with van der Waals surface area (Å²) in [5.74, 6) is -0.253. The van der Waals surface area contributed by atoms with Crippen LogP contribution in [-0.4, -0.2) is 11.5 Å². The summed E-state index contributed by atoms with van der Waals surface area (Å²) in [7, 11) is 0. The van der Waals surface area contributed by atoms with Crippen LogP contribution >= 0.6 is 11.8 Å². The van der Waals surface area contributed by atoms with Crippen molar-refractivity contribution < 1.29 is 4.79 Å². The van der Waals surface area contributed by atoms with E-state index in [0.717, 1.165) is 35.5 Å². The maximum atomic E-state index is 12.3. The van der Waals surface area contributed by atoms with Crippen molar-refractivity contribution in [3.05, 3.63) is 60.2 Å². The lowest BCUT2D eigenvalue weighted by Crippen LogP contribution is -2.15. The lowest BCUT2D eigenvalue weighted by atomic mass is 10.0. The van der Waals surface area contributed by atoms with Gasteiger partial charge in [0.25, 0.3) is 0 Å². The number of carbonyl (C=O) groups is 1. The second-order valence-electron chi connectivity index (χ2n) is 5.53. The van der Waals surface area contributed by atoms with Gasteiger partial charge in [-0.25, -0.2) is 0 Å². The van der Waals surface area contributed by atoms with Gasteiger partial charge in [-0.1, -0.05) is 68.3 Å². The summed E-state index contributed by atoms with van der Waals surface area (Å²) >= 11 is 1.61. The molecule has 0 aliphatic heterocycles. The lowest BCUT2D eigenvalue weighted by Gasteiger charge is -2.05. The Morgan fingerprint density at radius 2 is 1.70 bits per heavy atom. The van der Waals surface area contributed by atoms with Crippen LogP contribution in [0.5, 0.6) is 0 Å². The van der Waals surface area contributed by atoms with Gasteiger partial charge < -0.3 is 0 Å². The van der Waals surface area contributed by atoms with Crippen molar-refractivity contribution in [2.24, 2.45) is 0 Å². The Balaban J connectivity index is 1.98. The molecule has 2 aromatic carbocycles. The van der Waals surface area contributed by atoms with Gasteiger partial charge in [0.15, 0.2) is 0 Å². The molecule has 1 radical (unpaired) electrons. The molecule has 0 aliphatic carbocycles. The zero-order valence-corrected chi connectivity index (χ0v) is 14.3. The van der Waals surface area contributed by atoms with Crippen molar-refractivity contribution in [2.75, 3.05) is 0 Å². The van der Waals surface area contributed by atoms with E-state index < -0.39 is 0 Å². The van der Waals surface area contributed by atoms with Gasteiger partial charge in [-0.2, -0.15) is 5.41 Å². The van der Waals surface area contributed by atoms with E-state index in [1.165, 1.54) is 0 Å². The first-order valence-electron chi connectivity index (χ1n) is 8.13. The molecular formula is C20H22NOS. The van der Waals surface area contributed by atoms with Gasteiger partial charge in [-0.15, -0.1) is 0 Å². The van der Waals surface area contributed by atoms with E-state index in [-0.39, 0.29) is 11.5 Å². The Kier molecular flexibility index (Phi) is 7.08. The van der Waals surface area contributed by atoms with Crippen molar-refractivity contribution in [2.45, 2.75) is 48.8 Å². The molecule has 0 fully saturated rings. The molecule has 0 bridgehead atoms. The monoisotopic (exact) mass is 324 g/mol. The fourth-order valence-corrected chi connectivity index (χ4v) is 3.22. The molecule has 0 spiro atoms. The lowest BCUT2D eigenvalue weighted by molar-refractivity contribution is 0.106. The van der Waals surface area contributed by atoms with Crippen LogP contribution in [0.1, 0.15) is 49.4 Å². The first kappa shape index (κ1) is 17.5. The minimum atomic E-state index is -0.253. The van der Waals surface area contributed by atoms with Crippen LogP contribution in [0.3, 0.4) is 0 Å². The molecule has 119 valence electrons. The highest BCUT2D eigenvalue weighted by molar-refractivity contribution is 7.99. The number of hydrogen-bond donors (Lipinski definition) is 0. The van der Waals surface area contributed by atoms with Gasteiger partial charge in [0, 0.05) is 15.4 Å². The molecule has 0 aliphatic rings. The molecule has 0 N–H and O–H groups in total. The van der Waals surface area contributed by atoms with Crippen LogP contribution in [0, 0.1) is 0 Å². The fraction of sp³-hybridized carbons (Fsp3) is 0.300. The summed E-state index contributed by atoms with van der Waals surface area (Å²) in [5, 5.41) is 10.0. The maximum Gasteiger partial charge on any atom is 0.209 e. The normalized spacial score (nSPS) is 10.5. The molecule has 3 heteroatoms. The molecule has 0 heterocycles. The molecular weight excluding hydrogens is 302 g/mol. The van der Waals surface area contributed by atoms with Crippen molar-refractivity contribution in [1.82, 2.24) is 5.41 Å². The summed E-state index contributed by atoms with van der Waals surface area (Å²) in [6, 6.07) is 17.5. The van der Waals surface area contributed by atoms with E-state index in [2.05, 4.69) is 6.92 Å². The molecule has 0 saturated heterocycles. The van der Waals surface area contributed by atoms with Crippen LogP contribution in [-0.2, 0) is 0 Å². The van der Waals surface area contributed by atoms with Crippen molar-refractivity contribution in [3.63, 3.8) is 0 Å². The Labute approximate surface area is 142 Å². The molecule has 23 heavy (non-hydrogen) atoms. The minimum Gasteiger partial charge on any atom is -0.287 e. The number of rotatable bonds is 9. The van der Waals surface area contributed by atoms with Crippen LogP contribution < -0.4 is 5.41 Å². The second-order valence-corrected chi connectivity index (χ2v) is 6.68. The molecule has 0 atom stereocenters. The third-order valence-electron chi connectivity index (χ3n) is 3.60. The van der Waals surface area contributed by atoms with Crippen molar-refractivity contribution in [1.29, 1.82) is 0 Å². The van der Waals surface area contributed by atoms with E-state index in [0.29, 0.717) is 12.0 Å². The highest BCUT2D eigenvalue weighted by atomic mass is 32.2. The number of hydrogen-bond acceptors (Lipinski definition) is 2. The Bertz CT molecular complexity index is 652. The summed E-state index contributed by atoms with van der Waals surface area (Å²) in [6.07, 6.45) is 4.68. The highest BCUT2D eigenvalue weighted by Crippen LogP contribution is 2.28. The summed E-state index contributed by atoms with van der Waals surface area (Å²) in [4.78, 5) is 14.4. The summed E-state index contributed by atoms with van der Waals surface area (Å²) in [6.45, 7) is 2.14. The van der Waals surface area contributed by atoms with Crippen LogP contribution in [0.4, 0.5) is 0 Å². The first-order valence-corrected chi connectivity index (χ1v) is 8.95. The second kappa shape index (κ2) is 9.31. The number of Topliss-reactive ketones (excluding diaryl/α,β-unsaturated/α-hetero) is 1. The van der Waals surface area contributed by atoms with Gasteiger partial charge in [0.05, 0.1) is 0 Å². The van der Waals surface area contributed by atoms with E-state index in [1.54, 1.807) is 17.8 Å². The Morgan fingerprint density at radius 3 is 2.43 bits per heavy atom. The van der Waals surface area contributed by atoms with Crippen LogP contribution in [0.25, 0.3) is 0 Å². The number of nitrogens with zero attached hydrogens (tertiary/aromatic N) is 1. The van der Waals surface area contributed by atoms with E-state index in [9.17, 15) is 10.2 Å². The standard InChI is InChI=1S/C20H22NOS/c1-2-3-4-8-14-19(21)20(22)16-10-9-13-18(15-16)23-17-11-6-5-7-12-17/h5-7,9-13,15H,2-4,8,14H2,1H3. The molecule has 2 nitrogen and oxygen atoms in total. The predicted molar refractivity (Wildman–Crippen MR) is 97.2 cm³/mol. The van der Waals surface area contributed by atoms with E-state index in [4.69, 9.17) is 0 Å². The molecule has 0 saturated carbocycles. The Hall–Kier alpha value is -1.87. The van der Waals surface area contributed by atoms with Crippen molar-refractivity contribution >= 4 is 23.3 Å². The zero-order valence-electron chi connectivity index (χ0n) is 13.5. The van der Waals surface area contributed by atoms with Gasteiger partial charge in [-0.05, 0) is 37.1 Å². The van der Waals surface area contributed by atoms with Crippen LogP contribution in [0.2, 0.25) is 0 Å². The quantitative estimate of drug-likeness (QED) is 0.360. The molecule has 2 rings (SSSR count). The first-order chi connectivity index (χ1) is 11.2. The van der Waals surface area contributed by atoms with Gasteiger partial charge in [0.1, 0.15) is 5.71 Å². The van der Waals surface area contributed by atoms with Crippen molar-refractivity contribution in [3.8, 4) is 0 Å². The van der Waals surface area contributed by atoms with Gasteiger partial charge >= 0.3 is 0 Å². The summed E-state index contributed by atoms with van der Waals surface area (Å²) < 4.78 is 0. The van der Waals surface area contributed by atoms with Crippen LogP contribution in [0.15, 0.2) is 64.4 Å². The maximum absolute atomic E-state index is 12.3. The molecule has 0 unspecified atom stereocenters. The average molecular weight is 324 g/mol. The number of carbonyl (C=O) groups excluding carboxylic acids is 1. The van der Waals surface area contributed by atoms with Gasteiger partial charge in [-0.3, -0.25) is 4.79 Å². The highest BCUT2D eigenvalue weighted by Gasteiger charge is 2.13. The average Bonchev–Trinajstić information content (AvgIpc) is 2.59. The van der Waals surface area contributed by atoms with E-state index >= 15 is 0 Å². The third-order valence-corrected chi connectivity index (χ3v) is 4.60. The third kappa shape index (κ3) is 5.68. The summed E-state index contributed by atoms with van der Waals surface area (Å²) in [5.41, 5.74) is 0.530. The molecule has 2 aromatic rings. The Morgan fingerprint density at radius 1 is 0.957 bits per heavy atom. The number of benzene rings is 2. The number of ketones is 1. The minimum absolute atomic E-state index is 0.0250. The van der Waals surface area contributed by atoms with E-state index in [1.807, 2.05) is 48.5 Å². The smallest absolute Gasteiger partial charge is 0.209 e. The number of unbranched alkanes of at least 4 members (excludes halogenated alkanes) is 3. The molecule has 0 amide bonds. The predicted octanol–water partition coefficient (Wildman–Crippen LogP) is 5.23. The fourth-order valence-electron chi connectivity index (χ4n) is 2.32. The molecule has 0 aromatic heterocycles. The largest absolute Gasteiger partial charge is 0.287 e.